The van der Waals surface area contributed by atoms with Crippen LogP contribution < -0.4 is 5.32 Å². The molecule has 0 aliphatic carbocycles. The number of hydrogen-bond acceptors (Lipinski definition) is 6. The van der Waals surface area contributed by atoms with Gasteiger partial charge < -0.3 is 5.32 Å². The van der Waals surface area contributed by atoms with Crippen molar-refractivity contribution in [2.24, 2.45) is 0 Å². The first-order chi connectivity index (χ1) is 11.3. The Labute approximate surface area is 136 Å². The smallest absolute Gasteiger partial charge is 0.177 e. The van der Waals surface area contributed by atoms with Crippen LogP contribution in [-0.4, -0.2) is 25.1 Å². The molecule has 4 rings (SSSR count). The van der Waals surface area contributed by atoms with E-state index in [9.17, 15) is 0 Å². The van der Waals surface area contributed by atoms with Gasteiger partial charge in [0, 0.05) is 0 Å². The van der Waals surface area contributed by atoms with E-state index in [1.807, 2.05) is 36.6 Å². The molecule has 0 aliphatic heterocycles. The lowest BCUT2D eigenvalue weighted by Crippen LogP contribution is -2.15. The normalized spacial score (nSPS) is 12.4. The summed E-state index contributed by atoms with van der Waals surface area (Å²) in [6.45, 7) is 1.89. The molecule has 0 aliphatic rings. The molecular weight excluding hydrogens is 308 g/mol. The molecule has 0 amide bonds. The first kappa shape index (κ1) is 13.8. The highest BCUT2D eigenvalue weighted by molar-refractivity contribution is 7.16. The van der Waals surface area contributed by atoms with Crippen LogP contribution in [0.4, 0.5) is 5.82 Å². The Balaban J connectivity index is 1.78. The third-order valence-electron chi connectivity index (χ3n) is 3.55. The lowest BCUT2D eigenvalue weighted by Gasteiger charge is -2.17. The molecule has 3 heterocycles. The van der Waals surface area contributed by atoms with Crippen molar-refractivity contribution < 1.29 is 0 Å². The molecule has 2 N–H and O–H groups in total. The van der Waals surface area contributed by atoms with Crippen molar-refractivity contribution in [3.63, 3.8) is 0 Å². The molecule has 114 valence electrons. The Morgan fingerprint density at radius 1 is 1.13 bits per heavy atom. The van der Waals surface area contributed by atoms with E-state index >= 15 is 0 Å². The molecule has 0 fully saturated rings. The van der Waals surface area contributed by atoms with E-state index in [0.717, 1.165) is 27.4 Å². The second-order valence-electron chi connectivity index (χ2n) is 5.13. The van der Waals surface area contributed by atoms with Crippen LogP contribution in [0.2, 0.25) is 0 Å². The number of nitrogens with one attached hydrogen (secondary N) is 2. The van der Waals surface area contributed by atoms with Crippen LogP contribution in [0.15, 0.2) is 48.1 Å². The first-order valence-electron chi connectivity index (χ1n) is 7.20. The van der Waals surface area contributed by atoms with Crippen molar-refractivity contribution in [3.05, 3.63) is 65.3 Å². The second-order valence-corrected chi connectivity index (χ2v) is 6.02. The lowest BCUT2D eigenvalue weighted by atomic mass is 10.1. The van der Waals surface area contributed by atoms with Crippen LogP contribution in [0, 0.1) is 6.92 Å². The minimum Gasteiger partial charge on any atom is -0.355 e. The summed E-state index contributed by atoms with van der Waals surface area (Å²) in [5.74, 6) is 2.26. The highest BCUT2D eigenvalue weighted by Crippen LogP contribution is 2.29. The summed E-state index contributed by atoms with van der Waals surface area (Å²) < 4.78 is 0. The zero-order chi connectivity index (χ0) is 15.6. The number of hydrogen-bond donors (Lipinski definition) is 2. The van der Waals surface area contributed by atoms with Crippen LogP contribution >= 0.6 is 11.3 Å². The van der Waals surface area contributed by atoms with Gasteiger partial charge in [0.2, 0.25) is 0 Å². The molecule has 0 saturated heterocycles. The monoisotopic (exact) mass is 322 g/mol. The van der Waals surface area contributed by atoms with Gasteiger partial charge in [-0.2, -0.15) is 5.10 Å². The van der Waals surface area contributed by atoms with Gasteiger partial charge in [-0.15, -0.1) is 11.3 Å². The van der Waals surface area contributed by atoms with Gasteiger partial charge in [0.15, 0.2) is 5.82 Å². The van der Waals surface area contributed by atoms with Gasteiger partial charge in [-0.1, -0.05) is 30.3 Å². The summed E-state index contributed by atoms with van der Waals surface area (Å²) >= 11 is 1.60. The zero-order valence-electron chi connectivity index (χ0n) is 12.4. The maximum Gasteiger partial charge on any atom is 0.177 e. The van der Waals surface area contributed by atoms with Crippen molar-refractivity contribution in [2.45, 2.75) is 13.0 Å². The van der Waals surface area contributed by atoms with E-state index in [0.29, 0.717) is 5.82 Å². The first-order valence-corrected chi connectivity index (χ1v) is 8.08. The number of aryl methyl sites for hydroxylation is 1. The summed E-state index contributed by atoms with van der Waals surface area (Å²) in [6, 6.07) is 11.9. The van der Waals surface area contributed by atoms with Crippen LogP contribution in [-0.2, 0) is 0 Å². The molecule has 0 saturated carbocycles. The quantitative estimate of drug-likeness (QED) is 0.602. The van der Waals surface area contributed by atoms with E-state index < -0.39 is 0 Å². The Morgan fingerprint density at radius 3 is 2.78 bits per heavy atom. The van der Waals surface area contributed by atoms with Gasteiger partial charge in [0.25, 0.3) is 0 Å². The maximum atomic E-state index is 4.48. The fourth-order valence-electron chi connectivity index (χ4n) is 2.47. The fourth-order valence-corrected chi connectivity index (χ4v) is 3.21. The predicted molar refractivity (Wildman–Crippen MR) is 90.4 cm³/mol. The third-order valence-corrected chi connectivity index (χ3v) is 4.37. The van der Waals surface area contributed by atoms with Crippen molar-refractivity contribution in [1.29, 1.82) is 0 Å². The van der Waals surface area contributed by atoms with Crippen LogP contribution in [0.1, 0.15) is 23.3 Å². The van der Waals surface area contributed by atoms with E-state index in [1.54, 1.807) is 17.7 Å². The molecule has 1 atom stereocenters. The minimum atomic E-state index is -0.181. The Bertz CT molecular complexity index is 930. The fraction of sp³-hybridized carbons (Fsp3) is 0.125. The Hall–Kier alpha value is -2.80. The summed E-state index contributed by atoms with van der Waals surface area (Å²) in [5.41, 5.74) is 1.08. The average molecular weight is 322 g/mol. The molecule has 1 unspecified atom stereocenters. The highest BCUT2D eigenvalue weighted by atomic mass is 32.1. The molecule has 0 spiro atoms. The maximum absolute atomic E-state index is 4.48. The van der Waals surface area contributed by atoms with E-state index in [-0.39, 0.29) is 6.04 Å². The van der Waals surface area contributed by atoms with Gasteiger partial charge in [-0.05, 0) is 23.9 Å². The second kappa shape index (κ2) is 5.77. The summed E-state index contributed by atoms with van der Waals surface area (Å²) in [7, 11) is 0. The number of nitrogens with zero attached hydrogens (tertiary/aromatic N) is 4. The molecule has 0 radical (unpaired) electrons. The highest BCUT2D eigenvalue weighted by Gasteiger charge is 2.20. The molecule has 3 aromatic heterocycles. The number of aromatic amines is 1. The Kier molecular flexibility index (Phi) is 3.47. The number of aromatic nitrogens is 5. The SMILES string of the molecule is Cc1nc(C(Nc2ncnc3sccc23)c2ccccc2)n[nH]1. The molecule has 23 heavy (non-hydrogen) atoms. The van der Waals surface area contributed by atoms with Crippen molar-refractivity contribution in [1.82, 2.24) is 25.1 Å². The van der Waals surface area contributed by atoms with Crippen LogP contribution in [0.3, 0.4) is 0 Å². The number of fused-ring (bicyclic) bond motifs is 1. The summed E-state index contributed by atoms with van der Waals surface area (Å²) in [4.78, 5) is 14.1. The molecular formula is C16H14N6S. The van der Waals surface area contributed by atoms with Gasteiger partial charge in [0.05, 0.1) is 5.39 Å². The number of H-pyrrole nitrogens is 1. The summed E-state index contributed by atoms with van der Waals surface area (Å²) in [5, 5.41) is 13.7. The van der Waals surface area contributed by atoms with E-state index in [1.165, 1.54) is 0 Å². The third kappa shape index (κ3) is 2.66. The lowest BCUT2D eigenvalue weighted by molar-refractivity contribution is 0.831. The van der Waals surface area contributed by atoms with Crippen LogP contribution in [0.25, 0.3) is 10.2 Å². The van der Waals surface area contributed by atoms with Gasteiger partial charge in [0.1, 0.15) is 28.8 Å². The van der Waals surface area contributed by atoms with Crippen LogP contribution in [0.5, 0.6) is 0 Å². The van der Waals surface area contributed by atoms with Crippen molar-refractivity contribution >= 4 is 27.4 Å². The Morgan fingerprint density at radius 2 is 2.00 bits per heavy atom. The van der Waals surface area contributed by atoms with Crippen molar-refractivity contribution in [3.8, 4) is 0 Å². The topological polar surface area (TPSA) is 79.4 Å². The predicted octanol–water partition coefficient (Wildman–Crippen LogP) is 3.32. The number of rotatable bonds is 4. The average Bonchev–Trinajstić information content (AvgIpc) is 3.22. The number of thiophene rings is 1. The minimum absolute atomic E-state index is 0.181. The summed E-state index contributed by atoms with van der Waals surface area (Å²) in [6.07, 6.45) is 1.58. The molecule has 4 aromatic rings. The molecule has 6 nitrogen and oxygen atoms in total. The van der Waals surface area contributed by atoms with E-state index in [2.05, 4.69) is 42.6 Å². The standard InChI is InChI=1S/C16H14N6S/c1-10-19-15(22-21-10)13(11-5-3-2-4-6-11)20-14-12-7-8-23-16(12)18-9-17-14/h2-9,13H,1H3,(H,17,18,20)(H,19,21,22). The van der Waals surface area contributed by atoms with Crippen molar-refractivity contribution in [2.75, 3.05) is 5.32 Å². The molecule has 0 bridgehead atoms. The molecule has 1 aromatic carbocycles. The van der Waals surface area contributed by atoms with Gasteiger partial charge in [-0.3, -0.25) is 5.10 Å². The largest absolute Gasteiger partial charge is 0.355 e. The molecule has 7 heteroatoms. The van der Waals surface area contributed by atoms with E-state index in [4.69, 9.17) is 0 Å². The zero-order valence-corrected chi connectivity index (χ0v) is 13.2. The van der Waals surface area contributed by atoms with Gasteiger partial charge >= 0.3 is 0 Å². The number of benzene rings is 1. The number of anilines is 1. The van der Waals surface area contributed by atoms with Gasteiger partial charge in [-0.25, -0.2) is 15.0 Å².